The molecule has 0 amide bonds. The first-order valence-electron chi connectivity index (χ1n) is 4.40. The van der Waals surface area contributed by atoms with Crippen molar-refractivity contribution in [3.8, 4) is 11.1 Å². The minimum Gasteiger partial charge on any atom is -0.379 e. The molecule has 0 radical (unpaired) electrons. The van der Waals surface area contributed by atoms with Crippen molar-refractivity contribution in [2.24, 2.45) is 0 Å². The molecule has 0 saturated carbocycles. The van der Waals surface area contributed by atoms with E-state index in [2.05, 4.69) is 15.5 Å². The van der Waals surface area contributed by atoms with Crippen LogP contribution in [0.15, 0.2) is 24.4 Å². The molecule has 3 nitrogen and oxygen atoms in total. The standard InChI is InChI=1S/C10H8ClN3/c11-6-1-2-9-7(3-6)8-4-13-14-10(8)5-12-9/h1-4,12H,5H2,(H,13,14). The summed E-state index contributed by atoms with van der Waals surface area (Å²) in [7, 11) is 0. The Hall–Kier alpha value is -1.48. The monoisotopic (exact) mass is 205 g/mol. The number of nitrogens with one attached hydrogen (secondary N) is 2. The van der Waals surface area contributed by atoms with Crippen LogP contribution in [0, 0.1) is 0 Å². The highest BCUT2D eigenvalue weighted by atomic mass is 35.5. The molecular formula is C10H8ClN3. The van der Waals surface area contributed by atoms with Crippen LogP contribution < -0.4 is 5.32 Å². The Morgan fingerprint density at radius 3 is 3.14 bits per heavy atom. The lowest BCUT2D eigenvalue weighted by Gasteiger charge is -2.17. The van der Waals surface area contributed by atoms with Crippen molar-refractivity contribution in [1.82, 2.24) is 10.2 Å². The maximum absolute atomic E-state index is 5.95. The first-order valence-corrected chi connectivity index (χ1v) is 4.78. The number of halogens is 1. The van der Waals surface area contributed by atoms with Gasteiger partial charge in [-0.1, -0.05) is 11.6 Å². The summed E-state index contributed by atoms with van der Waals surface area (Å²) in [5, 5.41) is 11.0. The lowest BCUT2D eigenvalue weighted by molar-refractivity contribution is 0.977. The van der Waals surface area contributed by atoms with Crippen LogP contribution in [0.4, 0.5) is 5.69 Å². The summed E-state index contributed by atoms with van der Waals surface area (Å²) in [4.78, 5) is 0. The predicted molar refractivity (Wildman–Crippen MR) is 56.4 cm³/mol. The van der Waals surface area contributed by atoms with Crippen molar-refractivity contribution in [1.29, 1.82) is 0 Å². The molecule has 2 N–H and O–H groups in total. The number of benzene rings is 1. The molecule has 0 unspecified atom stereocenters. The molecule has 4 heteroatoms. The van der Waals surface area contributed by atoms with Crippen molar-refractivity contribution >= 4 is 17.3 Å². The van der Waals surface area contributed by atoms with E-state index in [1.54, 1.807) is 0 Å². The van der Waals surface area contributed by atoms with Gasteiger partial charge in [-0.05, 0) is 18.2 Å². The normalized spacial score (nSPS) is 12.9. The van der Waals surface area contributed by atoms with E-state index in [0.29, 0.717) is 0 Å². The van der Waals surface area contributed by atoms with Crippen LogP contribution in [0.3, 0.4) is 0 Å². The van der Waals surface area contributed by atoms with E-state index in [1.807, 2.05) is 24.4 Å². The van der Waals surface area contributed by atoms with Gasteiger partial charge in [0.25, 0.3) is 0 Å². The minimum atomic E-state index is 0.750. The van der Waals surface area contributed by atoms with Gasteiger partial charge in [-0.3, -0.25) is 5.10 Å². The fourth-order valence-corrected chi connectivity index (χ4v) is 1.93. The topological polar surface area (TPSA) is 40.7 Å². The van der Waals surface area contributed by atoms with Gasteiger partial charge in [0.2, 0.25) is 0 Å². The third-order valence-corrected chi connectivity index (χ3v) is 2.68. The molecule has 0 spiro atoms. The van der Waals surface area contributed by atoms with Gasteiger partial charge < -0.3 is 5.32 Å². The molecular weight excluding hydrogens is 198 g/mol. The lowest BCUT2D eigenvalue weighted by atomic mass is 10.0. The summed E-state index contributed by atoms with van der Waals surface area (Å²) in [6, 6.07) is 5.84. The lowest BCUT2D eigenvalue weighted by Crippen LogP contribution is -2.07. The van der Waals surface area contributed by atoms with Gasteiger partial charge in [-0.2, -0.15) is 5.10 Å². The number of H-pyrrole nitrogens is 1. The maximum atomic E-state index is 5.95. The second kappa shape index (κ2) is 2.75. The minimum absolute atomic E-state index is 0.750. The second-order valence-corrected chi connectivity index (χ2v) is 3.74. The van der Waals surface area contributed by atoms with Crippen LogP contribution in [0.25, 0.3) is 11.1 Å². The van der Waals surface area contributed by atoms with Gasteiger partial charge in [0.15, 0.2) is 0 Å². The third-order valence-electron chi connectivity index (χ3n) is 2.45. The Bertz CT molecular complexity index is 490. The Kier molecular flexibility index (Phi) is 1.55. The van der Waals surface area contributed by atoms with Crippen LogP contribution in [-0.4, -0.2) is 10.2 Å². The molecule has 0 saturated heterocycles. The van der Waals surface area contributed by atoms with Crippen LogP contribution in [0.5, 0.6) is 0 Å². The highest BCUT2D eigenvalue weighted by Crippen LogP contribution is 2.35. The van der Waals surface area contributed by atoms with E-state index in [-0.39, 0.29) is 0 Å². The van der Waals surface area contributed by atoms with Crippen molar-refractivity contribution in [3.05, 3.63) is 35.1 Å². The van der Waals surface area contributed by atoms with Crippen molar-refractivity contribution in [2.45, 2.75) is 6.54 Å². The van der Waals surface area contributed by atoms with E-state index in [9.17, 15) is 0 Å². The average Bonchev–Trinajstić information content (AvgIpc) is 2.65. The number of aromatic nitrogens is 2. The number of hydrogen-bond donors (Lipinski definition) is 2. The van der Waals surface area contributed by atoms with E-state index in [4.69, 9.17) is 11.6 Å². The van der Waals surface area contributed by atoms with Crippen molar-refractivity contribution < 1.29 is 0 Å². The molecule has 1 aliphatic rings. The number of rotatable bonds is 0. The second-order valence-electron chi connectivity index (χ2n) is 3.31. The van der Waals surface area contributed by atoms with Crippen LogP contribution in [0.2, 0.25) is 5.02 Å². The maximum Gasteiger partial charge on any atom is 0.0622 e. The van der Waals surface area contributed by atoms with Gasteiger partial charge >= 0.3 is 0 Å². The summed E-state index contributed by atoms with van der Waals surface area (Å²) in [6.45, 7) is 0.796. The van der Waals surface area contributed by atoms with Gasteiger partial charge in [0, 0.05) is 21.8 Å². The molecule has 14 heavy (non-hydrogen) atoms. The first-order chi connectivity index (χ1) is 6.84. The molecule has 1 aromatic heterocycles. The summed E-state index contributed by atoms with van der Waals surface area (Å²) in [6.07, 6.45) is 1.84. The van der Waals surface area contributed by atoms with E-state index in [0.717, 1.165) is 34.1 Å². The number of aromatic amines is 1. The Labute approximate surface area is 86.1 Å². The molecule has 1 aromatic carbocycles. The highest BCUT2D eigenvalue weighted by molar-refractivity contribution is 6.31. The van der Waals surface area contributed by atoms with Crippen molar-refractivity contribution in [2.75, 3.05) is 5.32 Å². The molecule has 2 aromatic rings. The summed E-state index contributed by atoms with van der Waals surface area (Å²) < 4.78 is 0. The molecule has 0 atom stereocenters. The predicted octanol–water partition coefficient (Wildman–Crippen LogP) is 2.66. The third kappa shape index (κ3) is 1.02. The van der Waals surface area contributed by atoms with E-state index in [1.165, 1.54) is 0 Å². The fraction of sp³-hybridized carbons (Fsp3) is 0.100. The Morgan fingerprint density at radius 2 is 2.21 bits per heavy atom. The number of hydrogen-bond acceptors (Lipinski definition) is 2. The summed E-state index contributed by atoms with van der Waals surface area (Å²) in [5.41, 5.74) is 4.48. The number of anilines is 1. The Balaban J connectivity index is 2.28. The molecule has 1 aliphatic heterocycles. The smallest absolute Gasteiger partial charge is 0.0622 e. The fourth-order valence-electron chi connectivity index (χ4n) is 1.76. The Morgan fingerprint density at radius 1 is 1.29 bits per heavy atom. The zero-order valence-corrected chi connectivity index (χ0v) is 8.10. The molecule has 0 fully saturated rings. The van der Waals surface area contributed by atoms with E-state index >= 15 is 0 Å². The molecule has 0 aliphatic carbocycles. The summed E-state index contributed by atoms with van der Waals surface area (Å²) in [5.74, 6) is 0. The number of nitrogens with zero attached hydrogens (tertiary/aromatic N) is 1. The molecule has 70 valence electrons. The molecule has 3 rings (SSSR count). The largest absolute Gasteiger partial charge is 0.379 e. The van der Waals surface area contributed by atoms with Gasteiger partial charge in [-0.15, -0.1) is 0 Å². The molecule has 0 bridgehead atoms. The van der Waals surface area contributed by atoms with Gasteiger partial charge in [-0.25, -0.2) is 0 Å². The zero-order chi connectivity index (χ0) is 9.54. The highest BCUT2D eigenvalue weighted by Gasteiger charge is 2.16. The van der Waals surface area contributed by atoms with Crippen LogP contribution >= 0.6 is 11.6 Å². The van der Waals surface area contributed by atoms with Crippen LogP contribution in [0.1, 0.15) is 5.69 Å². The average molecular weight is 206 g/mol. The summed E-state index contributed by atoms with van der Waals surface area (Å²) >= 11 is 5.95. The van der Waals surface area contributed by atoms with Crippen LogP contribution in [-0.2, 0) is 6.54 Å². The van der Waals surface area contributed by atoms with E-state index < -0.39 is 0 Å². The zero-order valence-electron chi connectivity index (χ0n) is 7.34. The molecule has 2 heterocycles. The number of fused-ring (bicyclic) bond motifs is 3. The SMILES string of the molecule is Clc1ccc2c(c1)-c1cn[nH]c1CN2. The first kappa shape index (κ1) is 7.88. The van der Waals surface area contributed by atoms with Gasteiger partial charge in [0.05, 0.1) is 18.4 Å². The van der Waals surface area contributed by atoms with Crippen molar-refractivity contribution in [3.63, 3.8) is 0 Å². The quantitative estimate of drug-likeness (QED) is 0.694. The van der Waals surface area contributed by atoms with Gasteiger partial charge in [0.1, 0.15) is 0 Å².